The number of aromatic amines is 1. The van der Waals surface area contributed by atoms with Gasteiger partial charge in [-0.15, -0.1) is 10.2 Å². The first-order valence-electron chi connectivity index (χ1n) is 5.89. The molecule has 5 heteroatoms. The number of H-pyrrole nitrogens is 1. The summed E-state index contributed by atoms with van der Waals surface area (Å²) >= 11 is 0. The van der Waals surface area contributed by atoms with Gasteiger partial charge >= 0.3 is 0 Å². The fraction of sp³-hybridized carbons (Fsp3) is 0.417. The second-order valence-electron chi connectivity index (χ2n) is 4.53. The number of tetrazole rings is 1. The molecule has 5 nitrogen and oxygen atoms in total. The van der Waals surface area contributed by atoms with Crippen molar-refractivity contribution in [3.05, 3.63) is 41.2 Å². The van der Waals surface area contributed by atoms with Crippen molar-refractivity contribution in [3.8, 4) is 0 Å². The van der Waals surface area contributed by atoms with Crippen LogP contribution in [-0.2, 0) is 12.8 Å². The normalized spacial score (nSPS) is 17.0. The van der Waals surface area contributed by atoms with E-state index in [-0.39, 0.29) is 6.04 Å². The Morgan fingerprint density at radius 3 is 2.59 bits per heavy atom. The van der Waals surface area contributed by atoms with Crippen molar-refractivity contribution < 1.29 is 0 Å². The van der Waals surface area contributed by atoms with Crippen LogP contribution in [-0.4, -0.2) is 26.7 Å². The molecule has 0 radical (unpaired) electrons. The van der Waals surface area contributed by atoms with Gasteiger partial charge < -0.3 is 5.32 Å². The van der Waals surface area contributed by atoms with Crippen molar-refractivity contribution in [2.45, 2.75) is 31.8 Å². The number of aromatic nitrogens is 4. The lowest BCUT2D eigenvalue weighted by Crippen LogP contribution is -2.32. The molecule has 0 amide bonds. The third kappa shape index (κ3) is 2.06. The Morgan fingerprint density at radius 2 is 2.00 bits per heavy atom. The van der Waals surface area contributed by atoms with E-state index in [0.29, 0.717) is 6.04 Å². The minimum atomic E-state index is 0.132. The van der Waals surface area contributed by atoms with Gasteiger partial charge in [0, 0.05) is 6.04 Å². The molecule has 1 unspecified atom stereocenters. The Bertz CT molecular complexity index is 468. The molecule has 0 saturated heterocycles. The molecular formula is C12H15N5. The van der Waals surface area contributed by atoms with E-state index in [9.17, 15) is 0 Å². The summed E-state index contributed by atoms with van der Waals surface area (Å²) in [6, 6.07) is 9.22. The van der Waals surface area contributed by atoms with Crippen molar-refractivity contribution in [1.29, 1.82) is 0 Å². The van der Waals surface area contributed by atoms with E-state index in [1.165, 1.54) is 11.1 Å². The molecule has 2 aromatic rings. The molecule has 0 bridgehead atoms. The first-order chi connectivity index (χ1) is 8.33. The highest BCUT2D eigenvalue weighted by Crippen LogP contribution is 2.23. The highest BCUT2D eigenvalue weighted by Gasteiger charge is 2.23. The predicted molar refractivity (Wildman–Crippen MR) is 63.4 cm³/mol. The standard InChI is InChI=1S/C12H15N5/c1-8(12-14-16-17-15-12)13-11-6-9-4-2-3-5-10(9)7-11/h2-5,8,11,13H,6-7H2,1H3,(H,14,15,16,17). The Morgan fingerprint density at radius 1 is 1.29 bits per heavy atom. The van der Waals surface area contributed by atoms with Gasteiger partial charge in [0.2, 0.25) is 0 Å². The Labute approximate surface area is 99.6 Å². The van der Waals surface area contributed by atoms with Crippen LogP contribution in [0.4, 0.5) is 0 Å². The Hall–Kier alpha value is -1.75. The molecule has 0 aliphatic heterocycles. The largest absolute Gasteiger partial charge is 0.304 e. The van der Waals surface area contributed by atoms with Crippen LogP contribution in [0, 0.1) is 0 Å². The summed E-state index contributed by atoms with van der Waals surface area (Å²) in [5.74, 6) is 0.723. The van der Waals surface area contributed by atoms with Gasteiger partial charge in [-0.25, -0.2) is 0 Å². The number of rotatable bonds is 3. The maximum absolute atomic E-state index is 4.00. The van der Waals surface area contributed by atoms with Gasteiger partial charge in [-0.3, -0.25) is 0 Å². The molecule has 2 N–H and O–H groups in total. The topological polar surface area (TPSA) is 66.5 Å². The molecule has 0 saturated carbocycles. The van der Waals surface area contributed by atoms with Gasteiger partial charge in [0.05, 0.1) is 6.04 Å². The van der Waals surface area contributed by atoms with Gasteiger partial charge in [-0.2, -0.15) is 5.21 Å². The molecule has 1 aliphatic rings. The van der Waals surface area contributed by atoms with E-state index >= 15 is 0 Å². The molecule has 17 heavy (non-hydrogen) atoms. The van der Waals surface area contributed by atoms with Crippen LogP contribution >= 0.6 is 0 Å². The molecule has 1 heterocycles. The van der Waals surface area contributed by atoms with Gasteiger partial charge in [-0.05, 0) is 30.9 Å². The number of benzene rings is 1. The molecule has 0 fully saturated rings. The number of fused-ring (bicyclic) bond motifs is 1. The molecule has 1 aromatic heterocycles. The fourth-order valence-electron chi connectivity index (χ4n) is 2.46. The lowest BCUT2D eigenvalue weighted by molar-refractivity contribution is 0.453. The lowest BCUT2D eigenvalue weighted by atomic mass is 10.1. The average molecular weight is 229 g/mol. The number of nitrogens with zero attached hydrogens (tertiary/aromatic N) is 3. The van der Waals surface area contributed by atoms with E-state index in [0.717, 1.165) is 18.7 Å². The van der Waals surface area contributed by atoms with E-state index < -0.39 is 0 Å². The van der Waals surface area contributed by atoms with E-state index in [2.05, 4.69) is 57.1 Å². The summed E-state index contributed by atoms with van der Waals surface area (Å²) in [4.78, 5) is 0. The van der Waals surface area contributed by atoms with E-state index in [1.807, 2.05) is 0 Å². The van der Waals surface area contributed by atoms with Crippen molar-refractivity contribution in [3.63, 3.8) is 0 Å². The van der Waals surface area contributed by atoms with E-state index in [1.54, 1.807) is 0 Å². The minimum absolute atomic E-state index is 0.132. The van der Waals surface area contributed by atoms with Crippen LogP contribution in [0.25, 0.3) is 0 Å². The molecule has 1 aromatic carbocycles. The molecule has 1 aliphatic carbocycles. The van der Waals surface area contributed by atoms with Gasteiger partial charge in [-0.1, -0.05) is 29.5 Å². The van der Waals surface area contributed by atoms with Crippen LogP contribution < -0.4 is 5.32 Å². The summed E-state index contributed by atoms with van der Waals surface area (Å²) in [7, 11) is 0. The molecule has 1 atom stereocenters. The zero-order valence-electron chi connectivity index (χ0n) is 9.72. The zero-order chi connectivity index (χ0) is 11.7. The van der Waals surface area contributed by atoms with Crippen LogP contribution in [0.5, 0.6) is 0 Å². The summed E-state index contributed by atoms with van der Waals surface area (Å²) in [6.07, 6.45) is 2.16. The summed E-state index contributed by atoms with van der Waals surface area (Å²) < 4.78 is 0. The van der Waals surface area contributed by atoms with Gasteiger partial charge in [0.25, 0.3) is 0 Å². The second-order valence-corrected chi connectivity index (χ2v) is 4.53. The van der Waals surface area contributed by atoms with Crippen molar-refractivity contribution in [2.24, 2.45) is 0 Å². The van der Waals surface area contributed by atoms with Crippen LogP contribution in [0.2, 0.25) is 0 Å². The monoisotopic (exact) mass is 229 g/mol. The zero-order valence-corrected chi connectivity index (χ0v) is 9.72. The Balaban J connectivity index is 1.66. The maximum atomic E-state index is 4.00. The third-order valence-corrected chi connectivity index (χ3v) is 3.29. The highest BCUT2D eigenvalue weighted by molar-refractivity contribution is 5.33. The van der Waals surface area contributed by atoms with Crippen molar-refractivity contribution in [2.75, 3.05) is 0 Å². The third-order valence-electron chi connectivity index (χ3n) is 3.29. The predicted octanol–water partition coefficient (Wildman–Crippen LogP) is 1.02. The van der Waals surface area contributed by atoms with Crippen LogP contribution in [0.3, 0.4) is 0 Å². The van der Waals surface area contributed by atoms with Gasteiger partial charge in [0.15, 0.2) is 5.82 Å². The van der Waals surface area contributed by atoms with Crippen LogP contribution in [0.15, 0.2) is 24.3 Å². The van der Waals surface area contributed by atoms with Crippen molar-refractivity contribution in [1.82, 2.24) is 25.9 Å². The average Bonchev–Trinajstić information content (AvgIpc) is 2.97. The summed E-state index contributed by atoms with van der Waals surface area (Å²) in [5, 5.41) is 17.6. The summed E-state index contributed by atoms with van der Waals surface area (Å²) in [5.41, 5.74) is 2.90. The summed E-state index contributed by atoms with van der Waals surface area (Å²) in [6.45, 7) is 2.06. The molecule has 3 rings (SSSR count). The Kier molecular flexibility index (Phi) is 2.60. The fourth-order valence-corrected chi connectivity index (χ4v) is 2.46. The smallest absolute Gasteiger partial charge is 0.191 e. The van der Waals surface area contributed by atoms with Crippen molar-refractivity contribution >= 4 is 0 Å². The minimum Gasteiger partial charge on any atom is -0.304 e. The van der Waals surface area contributed by atoms with Gasteiger partial charge in [0.1, 0.15) is 0 Å². The molecular weight excluding hydrogens is 214 g/mol. The maximum Gasteiger partial charge on any atom is 0.191 e. The van der Waals surface area contributed by atoms with E-state index in [4.69, 9.17) is 0 Å². The second kappa shape index (κ2) is 4.25. The molecule has 88 valence electrons. The van der Waals surface area contributed by atoms with Crippen LogP contribution in [0.1, 0.15) is 29.9 Å². The number of hydrogen-bond acceptors (Lipinski definition) is 4. The number of hydrogen-bond donors (Lipinski definition) is 2. The molecule has 0 spiro atoms. The first kappa shape index (κ1) is 10.4. The SMILES string of the molecule is CC(NC1Cc2ccccc2C1)c1nn[nH]n1. The highest BCUT2D eigenvalue weighted by atomic mass is 15.5. The quantitative estimate of drug-likeness (QED) is 0.824. The lowest BCUT2D eigenvalue weighted by Gasteiger charge is -2.16. The number of nitrogens with one attached hydrogen (secondary N) is 2. The first-order valence-corrected chi connectivity index (χ1v) is 5.89.